The number of thiophene rings is 1. The fraction of sp³-hybridized carbons (Fsp3) is 0.571. The van der Waals surface area contributed by atoms with E-state index in [-0.39, 0.29) is 17.7 Å². The first kappa shape index (κ1) is 15.3. The van der Waals surface area contributed by atoms with Gasteiger partial charge in [-0.05, 0) is 37.8 Å². The average Bonchev–Trinajstić information content (AvgIpc) is 2.83. The monoisotopic (exact) mass is 315 g/mol. The Morgan fingerprint density at radius 2 is 1.90 bits per heavy atom. The van der Waals surface area contributed by atoms with Crippen molar-refractivity contribution in [3.63, 3.8) is 0 Å². The Morgan fingerprint density at radius 1 is 1.30 bits per heavy atom. The number of nitrogens with zero attached hydrogens (tertiary/aromatic N) is 1. The minimum absolute atomic E-state index is 0.0361. The number of aliphatic carboxylic acids is 1. The predicted octanol–water partition coefficient (Wildman–Crippen LogP) is 3.25. The van der Waals surface area contributed by atoms with E-state index in [4.69, 9.17) is 16.7 Å². The molecular formula is C14H18ClNO3S. The van der Waals surface area contributed by atoms with E-state index in [1.165, 1.54) is 11.3 Å². The zero-order valence-electron chi connectivity index (χ0n) is 11.3. The first-order valence-electron chi connectivity index (χ1n) is 6.69. The summed E-state index contributed by atoms with van der Waals surface area (Å²) < 4.78 is 0.725. The Bertz CT molecular complexity index is 494. The molecule has 0 radical (unpaired) electrons. The van der Waals surface area contributed by atoms with E-state index < -0.39 is 5.97 Å². The van der Waals surface area contributed by atoms with Crippen LogP contribution >= 0.6 is 22.9 Å². The highest BCUT2D eigenvalue weighted by Gasteiger charge is 2.31. The van der Waals surface area contributed by atoms with Crippen molar-refractivity contribution in [1.29, 1.82) is 0 Å². The van der Waals surface area contributed by atoms with Gasteiger partial charge in [0.15, 0.2) is 0 Å². The lowest BCUT2D eigenvalue weighted by Gasteiger charge is -2.28. The summed E-state index contributed by atoms with van der Waals surface area (Å²) >= 11 is 7.36. The second-order valence-corrected chi connectivity index (χ2v) is 7.09. The lowest BCUT2D eigenvalue weighted by molar-refractivity contribution is -0.145. The molecule has 1 aromatic heterocycles. The van der Waals surface area contributed by atoms with Crippen LogP contribution < -0.4 is 0 Å². The molecule has 0 aromatic carbocycles. The van der Waals surface area contributed by atoms with E-state index in [2.05, 4.69) is 0 Å². The number of amides is 1. The molecule has 1 aromatic rings. The highest BCUT2D eigenvalue weighted by Crippen LogP contribution is 2.30. The second-order valence-electron chi connectivity index (χ2n) is 5.29. The molecule has 2 rings (SSSR count). The maximum Gasteiger partial charge on any atom is 0.306 e. The van der Waals surface area contributed by atoms with Gasteiger partial charge >= 0.3 is 5.97 Å². The van der Waals surface area contributed by atoms with Crippen molar-refractivity contribution in [1.82, 2.24) is 4.90 Å². The molecule has 0 aliphatic heterocycles. The van der Waals surface area contributed by atoms with Crippen LogP contribution in [-0.4, -0.2) is 28.9 Å². The SMILES string of the molecule is CN(Cc1ccc(Cl)s1)C(=O)C1CCC(C(=O)O)CC1. The third kappa shape index (κ3) is 3.73. The van der Waals surface area contributed by atoms with Crippen molar-refractivity contribution >= 4 is 34.8 Å². The minimum Gasteiger partial charge on any atom is -0.481 e. The summed E-state index contributed by atoms with van der Waals surface area (Å²) in [5, 5.41) is 8.96. The second kappa shape index (κ2) is 6.59. The van der Waals surface area contributed by atoms with Gasteiger partial charge in [0, 0.05) is 17.8 Å². The van der Waals surface area contributed by atoms with Gasteiger partial charge in [-0.3, -0.25) is 9.59 Å². The van der Waals surface area contributed by atoms with Crippen molar-refractivity contribution in [2.45, 2.75) is 32.2 Å². The molecular weight excluding hydrogens is 298 g/mol. The van der Waals surface area contributed by atoms with Crippen LogP contribution in [0.3, 0.4) is 0 Å². The molecule has 0 atom stereocenters. The molecule has 0 spiro atoms. The van der Waals surface area contributed by atoms with Crippen LogP contribution in [0.5, 0.6) is 0 Å². The smallest absolute Gasteiger partial charge is 0.306 e. The van der Waals surface area contributed by atoms with Crippen LogP contribution in [0.1, 0.15) is 30.6 Å². The molecule has 0 bridgehead atoms. The Labute approximate surface area is 127 Å². The van der Waals surface area contributed by atoms with E-state index >= 15 is 0 Å². The van der Waals surface area contributed by atoms with Gasteiger partial charge in [-0.25, -0.2) is 0 Å². The number of hydrogen-bond donors (Lipinski definition) is 1. The van der Waals surface area contributed by atoms with Crippen LogP contribution in [0.25, 0.3) is 0 Å². The van der Waals surface area contributed by atoms with Crippen LogP contribution in [0.15, 0.2) is 12.1 Å². The van der Waals surface area contributed by atoms with Gasteiger partial charge in [0.05, 0.1) is 16.8 Å². The van der Waals surface area contributed by atoms with Crippen molar-refractivity contribution < 1.29 is 14.7 Å². The molecule has 1 saturated carbocycles. The lowest BCUT2D eigenvalue weighted by atomic mass is 9.81. The van der Waals surface area contributed by atoms with Crippen molar-refractivity contribution in [3.8, 4) is 0 Å². The van der Waals surface area contributed by atoms with E-state index in [9.17, 15) is 9.59 Å². The van der Waals surface area contributed by atoms with Gasteiger partial charge in [0.2, 0.25) is 5.91 Å². The number of carbonyl (C=O) groups is 2. The fourth-order valence-corrected chi connectivity index (χ4v) is 3.79. The van der Waals surface area contributed by atoms with E-state index in [0.717, 1.165) is 9.21 Å². The number of rotatable bonds is 4. The standard InChI is InChI=1S/C14H18ClNO3S/c1-16(8-11-6-7-12(15)20-11)13(17)9-2-4-10(5-3-9)14(18)19/h6-7,9-10H,2-5,8H2,1H3,(H,18,19). The van der Waals surface area contributed by atoms with E-state index in [0.29, 0.717) is 32.2 Å². The number of halogens is 1. The van der Waals surface area contributed by atoms with Crippen LogP contribution in [0.4, 0.5) is 0 Å². The average molecular weight is 316 g/mol. The van der Waals surface area contributed by atoms with E-state index in [1.54, 1.807) is 11.9 Å². The summed E-state index contributed by atoms with van der Waals surface area (Å²) in [5.74, 6) is -0.942. The molecule has 0 unspecified atom stereocenters. The molecule has 4 nitrogen and oxygen atoms in total. The number of carbonyl (C=O) groups excluding carboxylic acids is 1. The van der Waals surface area contributed by atoms with Crippen LogP contribution in [-0.2, 0) is 16.1 Å². The maximum absolute atomic E-state index is 12.3. The number of hydrogen-bond acceptors (Lipinski definition) is 3. The zero-order valence-corrected chi connectivity index (χ0v) is 12.9. The zero-order chi connectivity index (χ0) is 14.7. The predicted molar refractivity (Wildman–Crippen MR) is 78.9 cm³/mol. The molecule has 6 heteroatoms. The number of carboxylic acids is 1. The summed E-state index contributed by atoms with van der Waals surface area (Å²) in [6.07, 6.45) is 2.55. The topological polar surface area (TPSA) is 57.6 Å². The first-order chi connectivity index (χ1) is 9.47. The third-order valence-electron chi connectivity index (χ3n) is 3.82. The summed E-state index contributed by atoms with van der Waals surface area (Å²) in [7, 11) is 1.79. The Balaban J connectivity index is 1.86. The Hall–Kier alpha value is -1.07. The highest BCUT2D eigenvalue weighted by molar-refractivity contribution is 7.16. The summed E-state index contributed by atoms with van der Waals surface area (Å²) in [4.78, 5) is 26.0. The van der Waals surface area contributed by atoms with Crippen molar-refractivity contribution in [3.05, 3.63) is 21.3 Å². The Morgan fingerprint density at radius 3 is 2.40 bits per heavy atom. The molecule has 20 heavy (non-hydrogen) atoms. The van der Waals surface area contributed by atoms with Gasteiger partial charge < -0.3 is 10.0 Å². The molecule has 1 aliphatic rings. The number of carboxylic acid groups (broad SMARTS) is 1. The highest BCUT2D eigenvalue weighted by atomic mass is 35.5. The summed E-state index contributed by atoms with van der Waals surface area (Å²) in [5.41, 5.74) is 0. The fourth-order valence-electron chi connectivity index (χ4n) is 2.65. The first-order valence-corrected chi connectivity index (χ1v) is 7.89. The van der Waals surface area contributed by atoms with Crippen LogP contribution in [0.2, 0.25) is 4.34 Å². The minimum atomic E-state index is -0.738. The van der Waals surface area contributed by atoms with Gasteiger partial charge in [-0.1, -0.05) is 11.6 Å². The normalized spacial score (nSPS) is 22.5. The maximum atomic E-state index is 12.3. The molecule has 0 saturated heterocycles. The van der Waals surface area contributed by atoms with Gasteiger partial charge in [-0.2, -0.15) is 0 Å². The molecule has 1 fully saturated rings. The molecule has 1 N–H and O–H groups in total. The Kier molecular flexibility index (Phi) is 5.05. The van der Waals surface area contributed by atoms with Crippen molar-refractivity contribution in [2.75, 3.05) is 7.05 Å². The molecule has 1 heterocycles. The quantitative estimate of drug-likeness (QED) is 0.928. The lowest BCUT2D eigenvalue weighted by Crippen LogP contribution is -2.35. The molecule has 1 aliphatic carbocycles. The van der Waals surface area contributed by atoms with Gasteiger partial charge in [0.1, 0.15) is 0 Å². The van der Waals surface area contributed by atoms with E-state index in [1.807, 2.05) is 12.1 Å². The van der Waals surface area contributed by atoms with Crippen molar-refractivity contribution in [2.24, 2.45) is 11.8 Å². The van der Waals surface area contributed by atoms with Crippen LogP contribution in [0, 0.1) is 11.8 Å². The largest absolute Gasteiger partial charge is 0.481 e. The molecule has 110 valence electrons. The van der Waals surface area contributed by atoms with Gasteiger partial charge in [0.25, 0.3) is 0 Å². The van der Waals surface area contributed by atoms with Gasteiger partial charge in [-0.15, -0.1) is 11.3 Å². The third-order valence-corrected chi connectivity index (χ3v) is 5.04. The summed E-state index contributed by atoms with van der Waals surface area (Å²) in [6, 6.07) is 3.76. The molecule has 1 amide bonds. The summed E-state index contributed by atoms with van der Waals surface area (Å²) in [6.45, 7) is 0.565.